The van der Waals surface area contributed by atoms with Crippen molar-refractivity contribution in [2.24, 2.45) is 7.05 Å². The molecule has 0 aliphatic heterocycles. The van der Waals surface area contributed by atoms with Crippen LogP contribution in [-0.2, 0) is 18.4 Å². The van der Waals surface area contributed by atoms with Crippen molar-refractivity contribution in [1.82, 2.24) is 14.5 Å². The van der Waals surface area contributed by atoms with Gasteiger partial charge in [-0.15, -0.1) is 0 Å². The molecule has 132 valence electrons. The number of hydrogen-bond acceptors (Lipinski definition) is 4. The molecular formula is C17H26BrN5O. The molecule has 2 aromatic rings. The monoisotopic (exact) mass is 395 g/mol. The van der Waals surface area contributed by atoms with Crippen LogP contribution < -0.4 is 27.0 Å². The van der Waals surface area contributed by atoms with Gasteiger partial charge < -0.3 is 17.0 Å². The van der Waals surface area contributed by atoms with Gasteiger partial charge in [0.1, 0.15) is 0 Å². The summed E-state index contributed by atoms with van der Waals surface area (Å²) in [6.07, 6.45) is 10.3. The molecule has 0 aromatic carbocycles. The van der Waals surface area contributed by atoms with Crippen molar-refractivity contribution in [3.05, 3.63) is 36.0 Å². The zero-order valence-electron chi connectivity index (χ0n) is 15.0. The molecule has 6 nitrogen and oxygen atoms in total. The topological polar surface area (TPSA) is 55.9 Å². The fourth-order valence-corrected chi connectivity index (χ4v) is 2.47. The van der Waals surface area contributed by atoms with Gasteiger partial charge >= 0.3 is 5.65 Å². The Hall–Kier alpha value is -1.73. The number of halogens is 1. The molecule has 0 amide bonds. The lowest BCUT2D eigenvalue weighted by Crippen LogP contribution is -3.00. The summed E-state index contributed by atoms with van der Waals surface area (Å²) in [5.74, 6) is 0.675. The molecule has 0 aliphatic carbocycles. The summed E-state index contributed by atoms with van der Waals surface area (Å²) in [4.78, 5) is 13.6. The van der Waals surface area contributed by atoms with Gasteiger partial charge in [0.2, 0.25) is 5.52 Å². The number of anilines is 1. The van der Waals surface area contributed by atoms with E-state index in [-0.39, 0.29) is 17.0 Å². The molecule has 0 saturated heterocycles. The second-order valence-corrected chi connectivity index (χ2v) is 5.95. The van der Waals surface area contributed by atoms with E-state index in [4.69, 9.17) is 4.84 Å². The van der Waals surface area contributed by atoms with Crippen LogP contribution in [0.1, 0.15) is 33.6 Å². The third-order valence-electron chi connectivity index (χ3n) is 3.66. The molecule has 0 radical (unpaired) electrons. The van der Waals surface area contributed by atoms with Gasteiger partial charge in [-0.25, -0.2) is 10.0 Å². The summed E-state index contributed by atoms with van der Waals surface area (Å²) < 4.78 is 4.12. The van der Waals surface area contributed by atoms with Crippen LogP contribution in [0.4, 0.5) is 5.82 Å². The van der Waals surface area contributed by atoms with E-state index < -0.39 is 0 Å². The molecule has 2 rings (SSSR count). The van der Waals surface area contributed by atoms with E-state index in [9.17, 15) is 0 Å². The van der Waals surface area contributed by atoms with Crippen LogP contribution in [-0.4, -0.2) is 21.6 Å². The smallest absolute Gasteiger partial charge is 0.307 e. The average Bonchev–Trinajstić information content (AvgIpc) is 2.83. The van der Waals surface area contributed by atoms with E-state index in [1.807, 2.05) is 17.9 Å². The lowest BCUT2D eigenvalue weighted by atomic mass is 10.1. The molecule has 2 aromatic heterocycles. The standard InChI is InChI=1S/C17H26N5O.BrH/c1-13(2)7-6-8-14(3)9-10-22-12-21(4)17-15(22)16(20-23-5)18-11-19-17;/h7,9,11-12H,6,8,10H2,1-5H3,(H,18,19,20);1H/q+1;/p-1/b14-9+;. The molecule has 0 saturated carbocycles. The van der Waals surface area contributed by atoms with Crippen molar-refractivity contribution >= 4 is 17.0 Å². The average molecular weight is 396 g/mol. The Morgan fingerprint density at radius 3 is 2.71 bits per heavy atom. The molecular weight excluding hydrogens is 370 g/mol. The Bertz CT molecular complexity index is 732. The SMILES string of the molecule is CONc1ncnc2c1n(C/C=C(\C)CCC=C(C)C)c[n+]2C.[Br-]. The first-order valence-corrected chi connectivity index (χ1v) is 7.80. The van der Waals surface area contributed by atoms with Crippen LogP contribution in [0, 0.1) is 0 Å². The molecule has 0 aliphatic rings. The van der Waals surface area contributed by atoms with Crippen molar-refractivity contribution in [2.75, 3.05) is 12.6 Å². The maximum Gasteiger partial charge on any atom is 0.307 e. The normalized spacial score (nSPS) is 11.3. The Morgan fingerprint density at radius 1 is 1.29 bits per heavy atom. The molecule has 24 heavy (non-hydrogen) atoms. The summed E-state index contributed by atoms with van der Waals surface area (Å²) >= 11 is 0. The molecule has 1 N–H and O–H groups in total. The summed E-state index contributed by atoms with van der Waals surface area (Å²) in [7, 11) is 3.56. The molecule has 0 fully saturated rings. The zero-order chi connectivity index (χ0) is 16.8. The van der Waals surface area contributed by atoms with E-state index in [1.165, 1.54) is 17.5 Å². The molecule has 0 bridgehead atoms. The number of nitrogens with zero attached hydrogens (tertiary/aromatic N) is 4. The van der Waals surface area contributed by atoms with Crippen LogP contribution in [0.5, 0.6) is 0 Å². The first-order chi connectivity index (χ1) is 11.0. The predicted molar refractivity (Wildman–Crippen MR) is 91.8 cm³/mol. The van der Waals surface area contributed by atoms with Crippen LogP contribution >= 0.6 is 0 Å². The Kier molecular flexibility index (Phi) is 8.07. The molecule has 7 heteroatoms. The number of allylic oxidation sites excluding steroid dienone is 4. The Morgan fingerprint density at radius 2 is 2.04 bits per heavy atom. The van der Waals surface area contributed by atoms with Gasteiger partial charge in [0.15, 0.2) is 18.5 Å². The molecule has 0 unspecified atom stereocenters. The van der Waals surface area contributed by atoms with Crippen LogP contribution in [0.15, 0.2) is 36.0 Å². The number of fused-ring (bicyclic) bond motifs is 1. The highest BCUT2D eigenvalue weighted by molar-refractivity contribution is 5.80. The van der Waals surface area contributed by atoms with Crippen molar-refractivity contribution in [3.8, 4) is 0 Å². The lowest BCUT2D eigenvalue weighted by Gasteiger charge is -2.03. The third-order valence-corrected chi connectivity index (χ3v) is 3.66. The number of aromatic nitrogens is 4. The summed E-state index contributed by atoms with van der Waals surface area (Å²) in [5, 5.41) is 0. The number of nitrogens with one attached hydrogen (secondary N) is 1. The van der Waals surface area contributed by atoms with Gasteiger partial charge in [-0.05, 0) is 33.6 Å². The van der Waals surface area contributed by atoms with E-state index in [0.717, 1.165) is 30.6 Å². The highest BCUT2D eigenvalue weighted by Gasteiger charge is 2.18. The van der Waals surface area contributed by atoms with E-state index in [0.29, 0.717) is 5.82 Å². The van der Waals surface area contributed by atoms with Gasteiger partial charge in [-0.1, -0.05) is 28.3 Å². The predicted octanol–water partition coefficient (Wildman–Crippen LogP) is -0.0742. The van der Waals surface area contributed by atoms with Crippen molar-refractivity contribution < 1.29 is 26.4 Å². The number of rotatable bonds is 7. The first-order valence-electron chi connectivity index (χ1n) is 7.80. The zero-order valence-corrected chi connectivity index (χ0v) is 16.6. The summed E-state index contributed by atoms with van der Waals surface area (Å²) in [6, 6.07) is 0. The minimum absolute atomic E-state index is 0. The van der Waals surface area contributed by atoms with Crippen LogP contribution in [0.25, 0.3) is 11.2 Å². The Balaban J connectivity index is 0.00000288. The maximum atomic E-state index is 5.02. The molecule has 0 spiro atoms. The second-order valence-electron chi connectivity index (χ2n) is 5.95. The largest absolute Gasteiger partial charge is 1.00 e. The van der Waals surface area contributed by atoms with Crippen molar-refractivity contribution in [3.63, 3.8) is 0 Å². The highest BCUT2D eigenvalue weighted by atomic mass is 79.9. The van der Waals surface area contributed by atoms with Crippen LogP contribution in [0.2, 0.25) is 0 Å². The van der Waals surface area contributed by atoms with Gasteiger partial charge in [0.25, 0.3) is 0 Å². The maximum absolute atomic E-state index is 5.02. The van der Waals surface area contributed by atoms with Crippen molar-refractivity contribution in [1.29, 1.82) is 0 Å². The van der Waals surface area contributed by atoms with Crippen molar-refractivity contribution in [2.45, 2.75) is 40.2 Å². The van der Waals surface area contributed by atoms with Gasteiger partial charge in [-0.3, -0.25) is 9.40 Å². The van der Waals surface area contributed by atoms with Gasteiger partial charge in [0.05, 0.1) is 20.7 Å². The number of imidazole rings is 1. The quantitative estimate of drug-likeness (QED) is 0.404. The summed E-state index contributed by atoms with van der Waals surface area (Å²) in [6.45, 7) is 7.23. The minimum Gasteiger partial charge on any atom is -1.00 e. The van der Waals surface area contributed by atoms with E-state index in [2.05, 4.69) is 52.9 Å². The Labute approximate surface area is 154 Å². The van der Waals surface area contributed by atoms with Gasteiger partial charge in [0, 0.05) is 0 Å². The number of hydrogen-bond donors (Lipinski definition) is 1. The third kappa shape index (κ3) is 5.14. The first kappa shape index (κ1) is 20.3. The highest BCUT2D eigenvalue weighted by Crippen LogP contribution is 2.17. The fraction of sp³-hybridized carbons (Fsp3) is 0.471. The van der Waals surface area contributed by atoms with Crippen LogP contribution in [0.3, 0.4) is 0 Å². The minimum atomic E-state index is 0. The number of aryl methyl sites for hydroxylation is 1. The van der Waals surface area contributed by atoms with E-state index >= 15 is 0 Å². The molecule has 0 atom stereocenters. The second kappa shape index (κ2) is 9.54. The fourth-order valence-electron chi connectivity index (χ4n) is 2.47. The lowest BCUT2D eigenvalue weighted by molar-refractivity contribution is -0.647. The van der Waals surface area contributed by atoms with Gasteiger partial charge in [-0.2, -0.15) is 4.98 Å². The molecule has 2 heterocycles. The summed E-state index contributed by atoms with van der Waals surface area (Å²) in [5.41, 5.74) is 7.38. The van der Waals surface area contributed by atoms with E-state index in [1.54, 1.807) is 7.11 Å².